The van der Waals surface area contributed by atoms with E-state index in [9.17, 15) is 0 Å². The molecule has 3 aromatic rings. The number of hydrogen-bond donors (Lipinski definition) is 1. The van der Waals surface area contributed by atoms with Crippen molar-refractivity contribution >= 4 is 17.6 Å². The van der Waals surface area contributed by atoms with E-state index in [0.29, 0.717) is 24.7 Å². The van der Waals surface area contributed by atoms with Crippen LogP contribution in [0.5, 0.6) is 5.75 Å². The minimum absolute atomic E-state index is 0.557. The third kappa shape index (κ3) is 6.54. The zero-order valence-corrected chi connectivity index (χ0v) is 17.5. The fraction of sp³-hybridized carbons (Fsp3) is 0.273. The molecular formula is C22H26ClN5O. The van der Waals surface area contributed by atoms with Crippen molar-refractivity contribution in [2.75, 3.05) is 27.2 Å². The van der Waals surface area contributed by atoms with Gasteiger partial charge in [0.05, 0.1) is 12.9 Å². The number of guanidine groups is 1. The van der Waals surface area contributed by atoms with E-state index in [2.05, 4.69) is 44.1 Å². The van der Waals surface area contributed by atoms with Crippen molar-refractivity contribution in [3.63, 3.8) is 0 Å². The molecule has 0 amide bonds. The molecule has 0 aliphatic carbocycles. The minimum atomic E-state index is 0.557. The highest BCUT2D eigenvalue weighted by atomic mass is 35.5. The average Bonchev–Trinajstić information content (AvgIpc) is 3.24. The summed E-state index contributed by atoms with van der Waals surface area (Å²) in [7, 11) is 3.78. The highest BCUT2D eigenvalue weighted by Gasteiger charge is 2.06. The van der Waals surface area contributed by atoms with E-state index in [-0.39, 0.29) is 0 Å². The van der Waals surface area contributed by atoms with Gasteiger partial charge >= 0.3 is 0 Å². The van der Waals surface area contributed by atoms with Gasteiger partial charge in [-0.25, -0.2) is 4.98 Å². The summed E-state index contributed by atoms with van der Waals surface area (Å²) in [6.07, 6.45) is 5.58. The molecule has 152 valence electrons. The Balaban J connectivity index is 1.43. The zero-order valence-electron chi connectivity index (χ0n) is 16.8. The molecule has 0 atom stereocenters. The third-order valence-corrected chi connectivity index (χ3v) is 4.73. The molecule has 7 heteroatoms. The Hall–Kier alpha value is -2.99. The molecule has 2 aromatic carbocycles. The van der Waals surface area contributed by atoms with Crippen LogP contribution in [0.15, 0.2) is 72.2 Å². The van der Waals surface area contributed by atoms with Crippen molar-refractivity contribution in [2.24, 2.45) is 4.99 Å². The Morgan fingerprint density at radius 3 is 2.52 bits per heavy atom. The van der Waals surface area contributed by atoms with Gasteiger partial charge in [0.25, 0.3) is 0 Å². The number of benzene rings is 2. The zero-order chi connectivity index (χ0) is 20.5. The maximum atomic E-state index is 5.89. The summed E-state index contributed by atoms with van der Waals surface area (Å²) in [4.78, 5) is 10.5. The third-order valence-electron chi connectivity index (χ3n) is 4.48. The van der Waals surface area contributed by atoms with Crippen LogP contribution >= 0.6 is 11.6 Å². The van der Waals surface area contributed by atoms with E-state index in [1.165, 1.54) is 11.1 Å². The first kappa shape index (κ1) is 20.7. The highest BCUT2D eigenvalue weighted by molar-refractivity contribution is 6.30. The first-order chi connectivity index (χ1) is 14.1. The topological polar surface area (TPSA) is 54.7 Å². The van der Waals surface area contributed by atoms with E-state index in [0.717, 1.165) is 18.3 Å². The van der Waals surface area contributed by atoms with Crippen LogP contribution in [0.25, 0.3) is 0 Å². The van der Waals surface area contributed by atoms with Gasteiger partial charge in [0.2, 0.25) is 0 Å². The molecule has 1 heterocycles. The number of imidazole rings is 1. The van der Waals surface area contributed by atoms with E-state index >= 15 is 0 Å². The van der Waals surface area contributed by atoms with E-state index < -0.39 is 0 Å². The molecule has 29 heavy (non-hydrogen) atoms. The van der Waals surface area contributed by atoms with Gasteiger partial charge in [0.15, 0.2) is 5.96 Å². The first-order valence-electron chi connectivity index (χ1n) is 9.48. The first-order valence-corrected chi connectivity index (χ1v) is 9.85. The molecule has 0 spiro atoms. The Morgan fingerprint density at radius 1 is 1.14 bits per heavy atom. The van der Waals surface area contributed by atoms with Gasteiger partial charge in [-0.15, -0.1) is 0 Å². The number of aliphatic imine (C=N–C) groups is 1. The predicted octanol–water partition coefficient (Wildman–Crippen LogP) is 3.67. The van der Waals surface area contributed by atoms with E-state index in [4.69, 9.17) is 16.3 Å². The molecule has 0 aliphatic heterocycles. The Morgan fingerprint density at radius 2 is 1.86 bits per heavy atom. The summed E-state index contributed by atoms with van der Waals surface area (Å²) in [5, 5.41) is 4.10. The molecule has 3 rings (SSSR count). The van der Waals surface area contributed by atoms with Crippen molar-refractivity contribution in [3.8, 4) is 5.75 Å². The molecule has 0 aliphatic rings. The lowest BCUT2D eigenvalue weighted by Crippen LogP contribution is -2.40. The van der Waals surface area contributed by atoms with Crippen LogP contribution in [-0.2, 0) is 13.1 Å². The lowest BCUT2D eigenvalue weighted by Gasteiger charge is -2.22. The van der Waals surface area contributed by atoms with Gasteiger partial charge < -0.3 is 19.5 Å². The summed E-state index contributed by atoms with van der Waals surface area (Å²) in [6, 6.07) is 15.9. The quantitative estimate of drug-likeness (QED) is 0.454. The number of hydrogen-bond acceptors (Lipinski definition) is 3. The predicted molar refractivity (Wildman–Crippen MR) is 118 cm³/mol. The molecule has 1 N–H and O–H groups in total. The molecule has 6 nitrogen and oxygen atoms in total. The SMILES string of the molecule is CN=C(NCc1ccc(Cn2ccnc2)cc1)N(C)CCOc1ccc(Cl)cc1. The molecule has 0 unspecified atom stereocenters. The molecule has 0 fully saturated rings. The number of rotatable bonds is 8. The second-order valence-electron chi connectivity index (χ2n) is 6.68. The molecular weight excluding hydrogens is 386 g/mol. The smallest absolute Gasteiger partial charge is 0.193 e. The van der Waals surface area contributed by atoms with Gasteiger partial charge in [-0.05, 0) is 35.4 Å². The maximum Gasteiger partial charge on any atom is 0.193 e. The summed E-state index contributed by atoms with van der Waals surface area (Å²) in [5.74, 6) is 1.63. The minimum Gasteiger partial charge on any atom is -0.492 e. The lowest BCUT2D eigenvalue weighted by atomic mass is 10.1. The van der Waals surface area contributed by atoms with Crippen LogP contribution in [-0.4, -0.2) is 47.7 Å². The van der Waals surface area contributed by atoms with Gasteiger partial charge in [-0.3, -0.25) is 4.99 Å². The van der Waals surface area contributed by atoms with Gasteiger partial charge in [-0.1, -0.05) is 35.9 Å². The number of nitrogens with zero attached hydrogens (tertiary/aromatic N) is 4. The Bertz CT molecular complexity index is 892. The summed E-state index contributed by atoms with van der Waals surface area (Å²) >= 11 is 5.89. The molecule has 0 saturated heterocycles. The summed E-state index contributed by atoms with van der Waals surface area (Å²) in [5.41, 5.74) is 2.44. The van der Waals surface area contributed by atoms with Crippen molar-refractivity contribution in [3.05, 3.63) is 83.4 Å². The van der Waals surface area contributed by atoms with Crippen LogP contribution < -0.4 is 10.1 Å². The van der Waals surface area contributed by atoms with E-state index in [1.807, 2.05) is 48.7 Å². The normalized spacial score (nSPS) is 11.3. The number of nitrogens with one attached hydrogen (secondary N) is 1. The number of likely N-dealkylation sites (N-methyl/N-ethyl adjacent to an activating group) is 1. The second-order valence-corrected chi connectivity index (χ2v) is 7.11. The number of aromatic nitrogens is 2. The van der Waals surface area contributed by atoms with Crippen LogP contribution in [0.3, 0.4) is 0 Å². The lowest BCUT2D eigenvalue weighted by molar-refractivity contribution is 0.281. The summed E-state index contributed by atoms with van der Waals surface area (Å²) < 4.78 is 7.81. The Kier molecular flexibility index (Phi) is 7.53. The van der Waals surface area contributed by atoms with Crippen molar-refractivity contribution in [2.45, 2.75) is 13.1 Å². The number of ether oxygens (including phenoxy) is 1. The summed E-state index contributed by atoms with van der Waals surface area (Å²) in [6.45, 7) is 2.81. The van der Waals surface area contributed by atoms with Crippen molar-refractivity contribution in [1.29, 1.82) is 0 Å². The fourth-order valence-electron chi connectivity index (χ4n) is 2.86. The monoisotopic (exact) mass is 411 g/mol. The van der Waals surface area contributed by atoms with Gasteiger partial charge in [0.1, 0.15) is 12.4 Å². The van der Waals surface area contributed by atoms with Crippen LogP contribution in [0, 0.1) is 0 Å². The number of halogens is 1. The second kappa shape index (κ2) is 10.5. The molecule has 0 bridgehead atoms. The van der Waals surface area contributed by atoms with Crippen molar-refractivity contribution < 1.29 is 4.74 Å². The van der Waals surface area contributed by atoms with Gasteiger partial charge in [0, 0.05) is 44.6 Å². The highest BCUT2D eigenvalue weighted by Crippen LogP contribution is 2.15. The fourth-order valence-corrected chi connectivity index (χ4v) is 2.98. The molecule has 0 saturated carbocycles. The average molecular weight is 412 g/mol. The molecule has 1 aromatic heterocycles. The van der Waals surface area contributed by atoms with Crippen LogP contribution in [0.4, 0.5) is 0 Å². The van der Waals surface area contributed by atoms with Crippen LogP contribution in [0.1, 0.15) is 11.1 Å². The molecule has 0 radical (unpaired) electrons. The van der Waals surface area contributed by atoms with Crippen LogP contribution in [0.2, 0.25) is 5.02 Å². The standard InChI is InChI=1S/C22H26ClN5O/c1-24-22(27(2)13-14-29-21-9-7-20(23)8-10-21)26-15-18-3-5-19(6-4-18)16-28-12-11-25-17-28/h3-12,17H,13-16H2,1-2H3,(H,24,26). The van der Waals surface area contributed by atoms with E-state index in [1.54, 1.807) is 13.2 Å². The van der Waals surface area contributed by atoms with Crippen molar-refractivity contribution in [1.82, 2.24) is 19.8 Å². The Labute approximate surface area is 176 Å². The largest absolute Gasteiger partial charge is 0.492 e. The maximum absolute atomic E-state index is 5.89. The van der Waals surface area contributed by atoms with Gasteiger partial charge in [-0.2, -0.15) is 0 Å².